The van der Waals surface area contributed by atoms with Crippen LogP contribution in [-0.4, -0.2) is 22.7 Å². The number of carboxylic acid groups (broad SMARTS) is 1. The topological polar surface area (TPSA) is 123 Å². The van der Waals surface area contributed by atoms with Crippen LogP contribution in [0.15, 0.2) is 15.6 Å². The van der Waals surface area contributed by atoms with Gasteiger partial charge in [0, 0.05) is 5.41 Å². The molecule has 7 heteroatoms. The molecule has 0 saturated heterocycles. The van der Waals surface area contributed by atoms with Gasteiger partial charge in [-0.1, -0.05) is 24.6 Å². The summed E-state index contributed by atoms with van der Waals surface area (Å²) in [5.41, 5.74) is 5.74. The molecule has 2 rings (SSSR count). The summed E-state index contributed by atoms with van der Waals surface area (Å²) in [6.07, 6.45) is 3.32. The van der Waals surface area contributed by atoms with E-state index >= 15 is 0 Å². The fourth-order valence-electron chi connectivity index (χ4n) is 3.01. The average molecular weight is 290 g/mol. The third-order valence-electron chi connectivity index (χ3n) is 3.86. The second kappa shape index (κ2) is 5.56. The van der Waals surface area contributed by atoms with E-state index in [1.807, 2.05) is 0 Å². The number of aliphatic carboxylic acids is 1. The number of nitriles is 2. The van der Waals surface area contributed by atoms with Crippen LogP contribution in [0.1, 0.15) is 25.7 Å². The maximum absolute atomic E-state index is 10.7. The highest BCUT2D eigenvalue weighted by Gasteiger charge is 2.50. The zero-order chi connectivity index (χ0) is 14.8. The number of hydrogen-bond acceptors (Lipinski definition) is 6. The minimum Gasteiger partial charge on any atom is -0.481 e. The summed E-state index contributed by atoms with van der Waals surface area (Å²) in [6.45, 7) is 0. The van der Waals surface area contributed by atoms with Gasteiger partial charge in [-0.3, -0.25) is 4.79 Å². The van der Waals surface area contributed by atoms with E-state index in [2.05, 4.69) is 17.1 Å². The van der Waals surface area contributed by atoms with Gasteiger partial charge in [0.2, 0.25) is 0 Å². The summed E-state index contributed by atoms with van der Waals surface area (Å²) in [5, 5.41) is 28.0. The van der Waals surface area contributed by atoms with Gasteiger partial charge in [-0.05, 0) is 12.8 Å². The standard InChI is InChI=1S/C13H14N4O2S/c14-5-8-11(16)17-12(20-7-10(18)19)9(6-15)13(8)3-1-2-4-13/h8H,1-4,7H2,(H2,16,17)(H,18,19). The molecular formula is C13H14N4O2S. The Morgan fingerprint density at radius 1 is 1.50 bits per heavy atom. The molecule has 0 bridgehead atoms. The largest absolute Gasteiger partial charge is 0.481 e. The van der Waals surface area contributed by atoms with Crippen molar-refractivity contribution in [1.82, 2.24) is 0 Å². The van der Waals surface area contributed by atoms with Gasteiger partial charge in [0.05, 0.1) is 23.5 Å². The molecule has 1 heterocycles. The molecule has 0 aromatic carbocycles. The first-order valence-electron chi connectivity index (χ1n) is 6.28. The number of carbonyl (C=O) groups is 1. The van der Waals surface area contributed by atoms with Crippen molar-refractivity contribution in [3.63, 3.8) is 0 Å². The van der Waals surface area contributed by atoms with Gasteiger partial charge in [-0.2, -0.15) is 10.5 Å². The van der Waals surface area contributed by atoms with E-state index in [1.165, 1.54) is 0 Å². The SMILES string of the molecule is N#CC1=C(SCC(=O)O)N=C(N)C(C#N)C12CCCC2. The lowest BCUT2D eigenvalue weighted by molar-refractivity contribution is -0.133. The molecular weight excluding hydrogens is 276 g/mol. The Balaban J connectivity index is 2.47. The minimum atomic E-state index is -0.976. The Morgan fingerprint density at radius 2 is 2.15 bits per heavy atom. The molecule has 1 fully saturated rings. The van der Waals surface area contributed by atoms with Gasteiger partial charge >= 0.3 is 5.97 Å². The van der Waals surface area contributed by atoms with E-state index in [-0.39, 0.29) is 11.6 Å². The molecule has 0 amide bonds. The second-order valence-electron chi connectivity index (χ2n) is 4.94. The van der Waals surface area contributed by atoms with Gasteiger partial charge in [0.1, 0.15) is 16.8 Å². The molecule has 1 unspecified atom stereocenters. The van der Waals surface area contributed by atoms with E-state index in [0.717, 1.165) is 37.4 Å². The third kappa shape index (κ3) is 2.25. The Morgan fingerprint density at radius 3 is 2.65 bits per heavy atom. The van der Waals surface area contributed by atoms with Crippen LogP contribution < -0.4 is 5.73 Å². The molecule has 6 nitrogen and oxygen atoms in total. The number of nitrogens with two attached hydrogens (primary N) is 1. The first kappa shape index (κ1) is 14.4. The molecule has 1 spiro atoms. The highest BCUT2D eigenvalue weighted by Crippen LogP contribution is 2.53. The third-order valence-corrected chi connectivity index (χ3v) is 4.82. The smallest absolute Gasteiger partial charge is 0.313 e. The number of aliphatic imine (C=N–C) groups is 1. The number of rotatable bonds is 3. The maximum Gasteiger partial charge on any atom is 0.313 e. The number of hydrogen-bond donors (Lipinski definition) is 2. The molecule has 1 atom stereocenters. The molecule has 3 N–H and O–H groups in total. The van der Waals surface area contributed by atoms with Crippen molar-refractivity contribution < 1.29 is 9.90 Å². The van der Waals surface area contributed by atoms with E-state index in [1.54, 1.807) is 0 Å². The lowest BCUT2D eigenvalue weighted by Gasteiger charge is -2.36. The summed E-state index contributed by atoms with van der Waals surface area (Å²) >= 11 is 0.996. The van der Waals surface area contributed by atoms with Gasteiger partial charge < -0.3 is 10.8 Å². The monoisotopic (exact) mass is 290 g/mol. The van der Waals surface area contributed by atoms with Gasteiger partial charge in [0.15, 0.2) is 0 Å². The Labute approximate surface area is 121 Å². The van der Waals surface area contributed by atoms with Crippen LogP contribution in [0, 0.1) is 34.0 Å². The Kier molecular flexibility index (Phi) is 4.01. The Hall–Kier alpha value is -1.99. The van der Waals surface area contributed by atoms with Gasteiger partial charge in [-0.25, -0.2) is 4.99 Å². The lowest BCUT2D eigenvalue weighted by Crippen LogP contribution is -2.41. The number of nitrogens with zero attached hydrogens (tertiary/aromatic N) is 3. The molecule has 0 aromatic heterocycles. The van der Waals surface area contributed by atoms with Crippen molar-refractivity contribution in [2.45, 2.75) is 25.7 Å². The number of amidine groups is 1. The van der Waals surface area contributed by atoms with Crippen molar-refractivity contribution in [2.75, 3.05) is 5.75 Å². The van der Waals surface area contributed by atoms with Crippen LogP contribution in [0.25, 0.3) is 0 Å². The zero-order valence-corrected chi connectivity index (χ0v) is 11.6. The van der Waals surface area contributed by atoms with E-state index in [4.69, 9.17) is 10.8 Å². The fraction of sp³-hybridized carbons (Fsp3) is 0.538. The predicted molar refractivity (Wildman–Crippen MR) is 74.4 cm³/mol. The summed E-state index contributed by atoms with van der Waals surface area (Å²) in [6, 6.07) is 4.32. The summed E-state index contributed by atoms with van der Waals surface area (Å²) in [7, 11) is 0. The quantitative estimate of drug-likeness (QED) is 0.813. The highest BCUT2D eigenvalue weighted by molar-refractivity contribution is 8.03. The minimum absolute atomic E-state index is 0.176. The van der Waals surface area contributed by atoms with Crippen LogP contribution in [0.5, 0.6) is 0 Å². The molecule has 104 valence electrons. The molecule has 0 aromatic rings. The van der Waals surface area contributed by atoms with Crippen molar-refractivity contribution in [2.24, 2.45) is 22.1 Å². The second-order valence-corrected chi connectivity index (χ2v) is 5.90. The van der Waals surface area contributed by atoms with Gasteiger partial charge in [0.25, 0.3) is 0 Å². The molecule has 1 saturated carbocycles. The van der Waals surface area contributed by atoms with E-state index in [0.29, 0.717) is 10.6 Å². The molecule has 1 aliphatic heterocycles. The molecule has 20 heavy (non-hydrogen) atoms. The van der Waals surface area contributed by atoms with Crippen LogP contribution in [-0.2, 0) is 4.79 Å². The van der Waals surface area contributed by atoms with Crippen LogP contribution in [0.2, 0.25) is 0 Å². The van der Waals surface area contributed by atoms with E-state index < -0.39 is 17.3 Å². The summed E-state index contributed by atoms with van der Waals surface area (Å²) in [5.74, 6) is -1.54. The van der Waals surface area contributed by atoms with Gasteiger partial charge in [-0.15, -0.1) is 0 Å². The highest BCUT2D eigenvalue weighted by atomic mass is 32.2. The average Bonchev–Trinajstić information content (AvgIpc) is 2.86. The molecule has 1 aliphatic carbocycles. The first-order valence-corrected chi connectivity index (χ1v) is 7.27. The molecule has 2 aliphatic rings. The van der Waals surface area contributed by atoms with Crippen LogP contribution >= 0.6 is 11.8 Å². The predicted octanol–water partition coefficient (Wildman–Crippen LogP) is 1.61. The lowest BCUT2D eigenvalue weighted by atomic mass is 9.68. The van der Waals surface area contributed by atoms with Crippen molar-refractivity contribution in [3.05, 3.63) is 10.6 Å². The number of allylic oxidation sites excluding steroid dienone is 1. The molecule has 0 radical (unpaired) electrons. The van der Waals surface area contributed by atoms with Crippen molar-refractivity contribution in [1.29, 1.82) is 10.5 Å². The normalized spacial score (nSPS) is 24.1. The summed E-state index contributed by atoms with van der Waals surface area (Å²) < 4.78 is 0. The number of carboxylic acids is 1. The zero-order valence-electron chi connectivity index (χ0n) is 10.8. The summed E-state index contributed by atoms with van der Waals surface area (Å²) in [4.78, 5) is 14.8. The first-order chi connectivity index (χ1) is 9.55. The maximum atomic E-state index is 10.7. The van der Waals surface area contributed by atoms with E-state index in [9.17, 15) is 15.3 Å². The van der Waals surface area contributed by atoms with Crippen molar-refractivity contribution in [3.8, 4) is 12.1 Å². The van der Waals surface area contributed by atoms with Crippen LogP contribution in [0.3, 0.4) is 0 Å². The number of thioether (sulfide) groups is 1. The van der Waals surface area contributed by atoms with Crippen molar-refractivity contribution >= 4 is 23.6 Å². The fourth-order valence-corrected chi connectivity index (χ4v) is 3.83. The Bertz CT molecular complexity index is 576. The van der Waals surface area contributed by atoms with Crippen LogP contribution in [0.4, 0.5) is 0 Å².